The monoisotopic (exact) mass is 556 g/mol. The lowest BCUT2D eigenvalue weighted by Gasteiger charge is -2.37. The van der Waals surface area contributed by atoms with Gasteiger partial charge in [-0.3, -0.25) is 0 Å². The average Bonchev–Trinajstić information content (AvgIpc) is 2.88. The van der Waals surface area contributed by atoms with E-state index in [9.17, 15) is 5.11 Å². The number of hydrogen-bond acceptors (Lipinski definition) is 4. The zero-order valence-electron chi connectivity index (χ0n) is 26.8. The van der Waals surface area contributed by atoms with Gasteiger partial charge >= 0.3 is 0 Å². The molecule has 0 spiro atoms. The summed E-state index contributed by atoms with van der Waals surface area (Å²) in [4.78, 5) is 0. The van der Waals surface area contributed by atoms with Gasteiger partial charge in [-0.05, 0) is 97.3 Å². The van der Waals surface area contributed by atoms with Crippen molar-refractivity contribution in [3.05, 3.63) is 28.8 Å². The van der Waals surface area contributed by atoms with E-state index in [2.05, 4.69) is 47.6 Å². The third kappa shape index (κ3) is 9.73. The van der Waals surface area contributed by atoms with E-state index in [1.165, 1.54) is 81.8 Å². The summed E-state index contributed by atoms with van der Waals surface area (Å²) in [5, 5.41) is 11.3. The zero-order chi connectivity index (χ0) is 28.8. The van der Waals surface area contributed by atoms with Gasteiger partial charge in [0, 0.05) is 24.8 Å². The highest BCUT2D eigenvalue weighted by atomic mass is 16.5. The predicted octanol–water partition coefficient (Wildman–Crippen LogP) is 9.40. The smallest absolute Gasteiger partial charge is 0.119 e. The molecule has 0 amide bonds. The van der Waals surface area contributed by atoms with E-state index in [4.69, 9.17) is 14.2 Å². The summed E-state index contributed by atoms with van der Waals surface area (Å²) in [5.74, 6) is 0.388. The Bertz CT molecular complexity index is 915. The second-order valence-electron chi connectivity index (χ2n) is 15.1. The second-order valence-corrected chi connectivity index (χ2v) is 15.1. The Hall–Kier alpha value is -1.10. The van der Waals surface area contributed by atoms with E-state index in [0.29, 0.717) is 30.5 Å². The lowest BCUT2D eigenvalue weighted by molar-refractivity contribution is -0.0885. The molecular formula is C36H60O4. The van der Waals surface area contributed by atoms with Gasteiger partial charge in [-0.1, -0.05) is 63.9 Å². The summed E-state index contributed by atoms with van der Waals surface area (Å²) in [6, 6.07) is 4.06. The van der Waals surface area contributed by atoms with E-state index >= 15 is 0 Å². The molecule has 4 nitrogen and oxygen atoms in total. The molecular weight excluding hydrogens is 496 g/mol. The summed E-state index contributed by atoms with van der Waals surface area (Å²) in [6.45, 7) is 13.4. The van der Waals surface area contributed by atoms with E-state index in [0.717, 1.165) is 44.1 Å². The van der Waals surface area contributed by atoms with Gasteiger partial charge in [0.25, 0.3) is 0 Å². The van der Waals surface area contributed by atoms with Crippen LogP contribution in [-0.2, 0) is 33.5 Å². The standard InChI is InChI=1S/C36H60O4/c1-34(2,38-28-16-10-7-11-17-28)24-27-22-23-33(37)32(26-36(5,6)40-30-20-14-9-15-21-30)31(27)25-35(3,4)39-29-18-12-8-13-19-29/h22-23,28-30,37H,7-21,24-26H2,1-6H3. The molecule has 0 bridgehead atoms. The predicted molar refractivity (Wildman–Crippen MR) is 165 cm³/mol. The van der Waals surface area contributed by atoms with Crippen molar-refractivity contribution in [3.8, 4) is 5.75 Å². The van der Waals surface area contributed by atoms with Crippen molar-refractivity contribution in [3.63, 3.8) is 0 Å². The number of phenolic OH excluding ortho intramolecular Hbond substituents is 1. The van der Waals surface area contributed by atoms with Crippen LogP contribution in [0.4, 0.5) is 0 Å². The van der Waals surface area contributed by atoms with E-state index in [1.54, 1.807) is 0 Å². The van der Waals surface area contributed by atoms with Gasteiger partial charge in [-0.25, -0.2) is 0 Å². The number of benzene rings is 1. The Morgan fingerprint density at radius 2 is 0.875 bits per heavy atom. The van der Waals surface area contributed by atoms with Crippen molar-refractivity contribution in [2.24, 2.45) is 0 Å². The fourth-order valence-corrected chi connectivity index (χ4v) is 7.65. The highest BCUT2D eigenvalue weighted by molar-refractivity contribution is 5.46. The van der Waals surface area contributed by atoms with Gasteiger partial charge in [-0.15, -0.1) is 0 Å². The quantitative estimate of drug-likeness (QED) is 0.279. The second kappa shape index (κ2) is 13.9. The molecule has 0 radical (unpaired) electrons. The highest BCUT2D eigenvalue weighted by Gasteiger charge is 2.34. The van der Waals surface area contributed by atoms with Gasteiger partial charge in [0.1, 0.15) is 5.75 Å². The molecule has 1 N–H and O–H groups in total. The summed E-state index contributed by atoms with van der Waals surface area (Å²) in [7, 11) is 0. The Balaban J connectivity index is 1.60. The molecule has 3 aliphatic rings. The minimum Gasteiger partial charge on any atom is -0.508 e. The minimum absolute atomic E-state index is 0.270. The largest absolute Gasteiger partial charge is 0.508 e. The van der Waals surface area contributed by atoms with Gasteiger partial charge in [0.2, 0.25) is 0 Å². The van der Waals surface area contributed by atoms with Crippen LogP contribution in [0.1, 0.15) is 155 Å². The van der Waals surface area contributed by atoms with Crippen molar-refractivity contribution >= 4 is 0 Å². The molecule has 1 aromatic rings. The SMILES string of the molecule is CC(C)(Cc1ccc(O)c(CC(C)(C)OC2CCCCC2)c1CC(C)(C)OC1CCCCC1)OC1CCCCC1. The maximum absolute atomic E-state index is 11.3. The number of hydrogen-bond donors (Lipinski definition) is 1. The van der Waals surface area contributed by atoms with E-state index in [-0.39, 0.29) is 16.8 Å². The molecule has 0 aromatic heterocycles. The molecule has 228 valence electrons. The van der Waals surface area contributed by atoms with Crippen LogP contribution in [-0.4, -0.2) is 40.2 Å². The van der Waals surface area contributed by atoms with Gasteiger partial charge in [0.05, 0.1) is 35.1 Å². The van der Waals surface area contributed by atoms with Crippen molar-refractivity contribution in [2.75, 3.05) is 0 Å². The van der Waals surface area contributed by atoms with Crippen molar-refractivity contribution in [1.29, 1.82) is 0 Å². The summed E-state index contributed by atoms with van der Waals surface area (Å²) < 4.78 is 20.3. The molecule has 3 fully saturated rings. The molecule has 3 saturated carbocycles. The average molecular weight is 557 g/mol. The molecule has 0 unspecified atom stereocenters. The molecule has 1 aromatic carbocycles. The van der Waals surface area contributed by atoms with Crippen LogP contribution in [0.2, 0.25) is 0 Å². The summed E-state index contributed by atoms with van der Waals surface area (Å²) >= 11 is 0. The lowest BCUT2D eigenvalue weighted by atomic mass is 9.82. The highest BCUT2D eigenvalue weighted by Crippen LogP contribution is 2.38. The van der Waals surface area contributed by atoms with Gasteiger partial charge in [0.15, 0.2) is 0 Å². The maximum Gasteiger partial charge on any atom is 0.119 e. The van der Waals surface area contributed by atoms with Gasteiger partial charge < -0.3 is 19.3 Å². The summed E-state index contributed by atoms with van der Waals surface area (Å²) in [6.07, 6.45) is 21.9. The van der Waals surface area contributed by atoms with Crippen molar-refractivity contribution in [2.45, 2.75) is 192 Å². The lowest BCUT2D eigenvalue weighted by Crippen LogP contribution is -2.37. The molecule has 40 heavy (non-hydrogen) atoms. The number of aromatic hydroxyl groups is 1. The van der Waals surface area contributed by atoms with Crippen LogP contribution < -0.4 is 0 Å². The Kier molecular flexibility index (Phi) is 11.1. The number of phenols is 1. The summed E-state index contributed by atoms with van der Waals surface area (Å²) in [5.41, 5.74) is 2.61. The third-order valence-corrected chi connectivity index (χ3v) is 9.44. The first-order valence-corrected chi connectivity index (χ1v) is 16.8. The van der Waals surface area contributed by atoms with Crippen LogP contribution in [0, 0.1) is 0 Å². The third-order valence-electron chi connectivity index (χ3n) is 9.44. The van der Waals surface area contributed by atoms with Crippen LogP contribution in [0.5, 0.6) is 5.75 Å². The first kappa shape index (κ1) is 31.8. The van der Waals surface area contributed by atoms with Crippen LogP contribution in [0.25, 0.3) is 0 Å². The van der Waals surface area contributed by atoms with Gasteiger partial charge in [-0.2, -0.15) is 0 Å². The number of rotatable bonds is 12. The Morgan fingerprint density at radius 3 is 1.27 bits per heavy atom. The molecule has 4 rings (SSSR count). The van der Waals surface area contributed by atoms with Crippen molar-refractivity contribution in [1.82, 2.24) is 0 Å². The van der Waals surface area contributed by atoms with Crippen LogP contribution in [0.3, 0.4) is 0 Å². The maximum atomic E-state index is 11.3. The molecule has 0 atom stereocenters. The number of ether oxygens (including phenoxy) is 3. The molecule has 4 heteroatoms. The van der Waals surface area contributed by atoms with Crippen LogP contribution in [0.15, 0.2) is 12.1 Å². The van der Waals surface area contributed by atoms with E-state index < -0.39 is 0 Å². The molecule has 0 heterocycles. The van der Waals surface area contributed by atoms with Crippen LogP contribution >= 0.6 is 0 Å². The minimum atomic E-state index is -0.352. The zero-order valence-corrected chi connectivity index (χ0v) is 26.8. The fourth-order valence-electron chi connectivity index (χ4n) is 7.65. The van der Waals surface area contributed by atoms with E-state index in [1.807, 2.05) is 6.07 Å². The molecule has 3 aliphatic carbocycles. The molecule has 0 saturated heterocycles. The first-order chi connectivity index (χ1) is 18.9. The Labute approximate surface area is 245 Å². The Morgan fingerprint density at radius 1 is 0.525 bits per heavy atom. The first-order valence-electron chi connectivity index (χ1n) is 16.8. The molecule has 0 aliphatic heterocycles. The fraction of sp³-hybridized carbons (Fsp3) is 0.833. The topological polar surface area (TPSA) is 47.9 Å². The normalized spacial score (nSPS) is 21.1. The van der Waals surface area contributed by atoms with Crippen molar-refractivity contribution < 1.29 is 19.3 Å².